The molecular weight excluding hydrogens is 200 g/mol. The average Bonchev–Trinajstić information content (AvgIpc) is 2.28. The van der Waals surface area contributed by atoms with Crippen LogP contribution in [-0.2, 0) is 6.42 Å². The van der Waals surface area contributed by atoms with Gasteiger partial charge in [-0.05, 0) is 31.9 Å². The highest BCUT2D eigenvalue weighted by atomic mass is 16.5. The molecule has 1 unspecified atom stereocenters. The summed E-state index contributed by atoms with van der Waals surface area (Å²) in [6.07, 6.45) is 2.76. The van der Waals surface area contributed by atoms with Crippen molar-refractivity contribution >= 4 is 0 Å². The summed E-state index contributed by atoms with van der Waals surface area (Å²) in [5, 5.41) is 0. The van der Waals surface area contributed by atoms with Crippen LogP contribution in [-0.4, -0.2) is 17.6 Å². The first-order valence-corrected chi connectivity index (χ1v) is 6.02. The molecular formula is C13H22N2O. The fourth-order valence-electron chi connectivity index (χ4n) is 1.48. The molecule has 0 aromatic carbocycles. The molecule has 1 atom stereocenters. The van der Waals surface area contributed by atoms with Crippen LogP contribution in [0.3, 0.4) is 0 Å². The van der Waals surface area contributed by atoms with Gasteiger partial charge in [-0.15, -0.1) is 0 Å². The molecule has 3 heteroatoms. The Bertz CT molecular complexity index is 326. The Morgan fingerprint density at radius 1 is 1.38 bits per heavy atom. The number of nitrogens with zero attached hydrogens (tertiary/aromatic N) is 1. The van der Waals surface area contributed by atoms with E-state index in [1.807, 2.05) is 19.1 Å². The summed E-state index contributed by atoms with van der Waals surface area (Å²) in [4.78, 5) is 4.51. The van der Waals surface area contributed by atoms with Crippen LogP contribution in [0, 0.1) is 6.92 Å². The number of pyridine rings is 1. The van der Waals surface area contributed by atoms with Crippen molar-refractivity contribution in [3.63, 3.8) is 0 Å². The normalized spacial score (nSPS) is 12.5. The van der Waals surface area contributed by atoms with Crippen molar-refractivity contribution in [1.29, 1.82) is 0 Å². The molecule has 1 aromatic heterocycles. The van der Waals surface area contributed by atoms with Crippen LogP contribution in [0.5, 0.6) is 5.75 Å². The Morgan fingerprint density at radius 2 is 2.12 bits per heavy atom. The van der Waals surface area contributed by atoms with Gasteiger partial charge in [0, 0.05) is 18.2 Å². The molecule has 0 aliphatic carbocycles. The Labute approximate surface area is 98.0 Å². The molecule has 0 radical (unpaired) electrons. The van der Waals surface area contributed by atoms with Gasteiger partial charge in [0.1, 0.15) is 5.75 Å². The number of aryl methyl sites for hydroxylation is 1. The van der Waals surface area contributed by atoms with Crippen LogP contribution >= 0.6 is 0 Å². The van der Waals surface area contributed by atoms with E-state index >= 15 is 0 Å². The van der Waals surface area contributed by atoms with Crippen molar-refractivity contribution in [3.05, 3.63) is 23.5 Å². The fraction of sp³-hybridized carbons (Fsp3) is 0.615. The predicted octanol–water partition coefficient (Wildman–Crippen LogP) is 2.46. The predicted molar refractivity (Wildman–Crippen MR) is 66.7 cm³/mol. The molecule has 0 bridgehead atoms. The summed E-state index contributed by atoms with van der Waals surface area (Å²) < 4.78 is 5.67. The van der Waals surface area contributed by atoms with E-state index in [0.717, 1.165) is 43.0 Å². The van der Waals surface area contributed by atoms with E-state index in [4.69, 9.17) is 10.5 Å². The van der Waals surface area contributed by atoms with Gasteiger partial charge in [0.25, 0.3) is 0 Å². The van der Waals surface area contributed by atoms with Gasteiger partial charge in [0.15, 0.2) is 0 Å². The highest BCUT2D eigenvalue weighted by Crippen LogP contribution is 2.19. The van der Waals surface area contributed by atoms with Gasteiger partial charge < -0.3 is 10.5 Å². The van der Waals surface area contributed by atoms with E-state index in [2.05, 4.69) is 18.8 Å². The number of ether oxygens (including phenoxy) is 1. The summed E-state index contributed by atoms with van der Waals surface area (Å²) >= 11 is 0. The second-order valence-electron chi connectivity index (χ2n) is 4.12. The molecule has 0 aliphatic heterocycles. The van der Waals surface area contributed by atoms with E-state index in [9.17, 15) is 0 Å². The molecule has 0 fully saturated rings. The summed E-state index contributed by atoms with van der Waals surface area (Å²) in [7, 11) is 0. The molecule has 90 valence electrons. The van der Waals surface area contributed by atoms with Crippen molar-refractivity contribution in [2.75, 3.05) is 6.61 Å². The van der Waals surface area contributed by atoms with Crippen LogP contribution in [0.1, 0.15) is 38.1 Å². The molecule has 16 heavy (non-hydrogen) atoms. The molecule has 0 aliphatic rings. The topological polar surface area (TPSA) is 48.1 Å². The zero-order valence-electron chi connectivity index (χ0n) is 10.5. The van der Waals surface area contributed by atoms with Crippen LogP contribution < -0.4 is 10.5 Å². The summed E-state index contributed by atoms with van der Waals surface area (Å²) in [6, 6.07) is 4.14. The second kappa shape index (κ2) is 6.48. The highest BCUT2D eigenvalue weighted by molar-refractivity contribution is 5.29. The lowest BCUT2D eigenvalue weighted by molar-refractivity contribution is 0.311. The molecule has 1 aromatic rings. The Morgan fingerprint density at radius 3 is 2.75 bits per heavy atom. The van der Waals surface area contributed by atoms with Gasteiger partial charge in [0.05, 0.1) is 12.3 Å². The lowest BCUT2D eigenvalue weighted by Gasteiger charge is -2.13. The van der Waals surface area contributed by atoms with Crippen LogP contribution in [0.15, 0.2) is 12.1 Å². The second-order valence-corrected chi connectivity index (χ2v) is 4.12. The molecule has 0 amide bonds. The first kappa shape index (κ1) is 13.0. The third kappa shape index (κ3) is 3.81. The molecule has 3 nitrogen and oxygen atoms in total. The standard InChI is InChI=1S/C13H22N2O/c1-4-8-16-13-7-6-10(3)15-12(13)9-11(14)5-2/h6-7,11H,4-5,8-9,14H2,1-3H3. The van der Waals surface area contributed by atoms with E-state index in [1.54, 1.807) is 0 Å². The quantitative estimate of drug-likeness (QED) is 0.804. The molecule has 0 spiro atoms. The maximum Gasteiger partial charge on any atom is 0.140 e. The molecule has 1 heterocycles. The van der Waals surface area contributed by atoms with Gasteiger partial charge in [-0.3, -0.25) is 4.98 Å². The van der Waals surface area contributed by atoms with Crippen molar-refractivity contribution in [1.82, 2.24) is 4.98 Å². The number of hydrogen-bond acceptors (Lipinski definition) is 3. The number of hydrogen-bond donors (Lipinski definition) is 1. The van der Waals surface area contributed by atoms with E-state index in [0.29, 0.717) is 0 Å². The molecule has 2 N–H and O–H groups in total. The Hall–Kier alpha value is -1.09. The van der Waals surface area contributed by atoms with E-state index in [-0.39, 0.29) is 6.04 Å². The fourth-order valence-corrected chi connectivity index (χ4v) is 1.48. The zero-order chi connectivity index (χ0) is 12.0. The van der Waals surface area contributed by atoms with Crippen LogP contribution in [0.4, 0.5) is 0 Å². The third-order valence-electron chi connectivity index (χ3n) is 2.51. The third-order valence-corrected chi connectivity index (χ3v) is 2.51. The van der Waals surface area contributed by atoms with Crippen LogP contribution in [0.25, 0.3) is 0 Å². The lowest BCUT2D eigenvalue weighted by Crippen LogP contribution is -2.22. The maximum absolute atomic E-state index is 5.96. The van der Waals surface area contributed by atoms with Crippen molar-refractivity contribution in [2.24, 2.45) is 5.73 Å². The maximum atomic E-state index is 5.96. The average molecular weight is 222 g/mol. The number of rotatable bonds is 6. The molecule has 1 rings (SSSR count). The Balaban J connectivity index is 2.80. The van der Waals surface area contributed by atoms with Gasteiger partial charge in [-0.1, -0.05) is 13.8 Å². The minimum atomic E-state index is 0.165. The molecule has 0 saturated carbocycles. The van der Waals surface area contributed by atoms with Gasteiger partial charge in [0.2, 0.25) is 0 Å². The summed E-state index contributed by atoms with van der Waals surface area (Å²) in [6.45, 7) is 6.91. The zero-order valence-corrected chi connectivity index (χ0v) is 10.5. The van der Waals surface area contributed by atoms with E-state index < -0.39 is 0 Å². The van der Waals surface area contributed by atoms with Crippen molar-refractivity contribution in [2.45, 2.75) is 46.1 Å². The smallest absolute Gasteiger partial charge is 0.140 e. The number of aromatic nitrogens is 1. The van der Waals surface area contributed by atoms with Gasteiger partial charge in [-0.25, -0.2) is 0 Å². The van der Waals surface area contributed by atoms with Gasteiger partial charge >= 0.3 is 0 Å². The lowest BCUT2D eigenvalue weighted by atomic mass is 10.1. The highest BCUT2D eigenvalue weighted by Gasteiger charge is 2.09. The minimum absolute atomic E-state index is 0.165. The summed E-state index contributed by atoms with van der Waals surface area (Å²) in [5.41, 5.74) is 7.96. The first-order valence-electron chi connectivity index (χ1n) is 6.02. The number of nitrogens with two attached hydrogens (primary N) is 1. The molecule has 0 saturated heterocycles. The summed E-state index contributed by atoms with van der Waals surface area (Å²) in [5.74, 6) is 0.886. The van der Waals surface area contributed by atoms with Crippen molar-refractivity contribution < 1.29 is 4.74 Å². The SMILES string of the molecule is CCCOc1ccc(C)nc1CC(N)CC. The van der Waals surface area contributed by atoms with Crippen LogP contribution in [0.2, 0.25) is 0 Å². The minimum Gasteiger partial charge on any atom is -0.492 e. The van der Waals surface area contributed by atoms with E-state index in [1.165, 1.54) is 0 Å². The monoisotopic (exact) mass is 222 g/mol. The van der Waals surface area contributed by atoms with Gasteiger partial charge in [-0.2, -0.15) is 0 Å². The van der Waals surface area contributed by atoms with Crippen molar-refractivity contribution in [3.8, 4) is 5.75 Å². The Kier molecular flexibility index (Phi) is 5.26. The first-order chi connectivity index (χ1) is 7.67. The largest absolute Gasteiger partial charge is 0.492 e.